The molecule has 0 aliphatic rings. The zero-order chi connectivity index (χ0) is 13.9. The Hall–Kier alpha value is -2.08. The highest BCUT2D eigenvalue weighted by atomic mass is 32.2. The molecule has 0 unspecified atom stereocenters. The van der Waals surface area contributed by atoms with Gasteiger partial charge in [-0.1, -0.05) is 23.4 Å². The van der Waals surface area contributed by atoms with Crippen LogP contribution in [0.15, 0.2) is 45.8 Å². The van der Waals surface area contributed by atoms with Crippen molar-refractivity contribution in [2.75, 3.05) is 6.26 Å². The first kappa shape index (κ1) is 12.9. The third-order valence-electron chi connectivity index (χ3n) is 2.98. The standard InChI is InChI=1S/C14H13N3O2S/c1-20-9-12-15-13(19-16-12)8-17-7-6-10-4-2-3-5-11(10)14(17)18/h2-7H,8-9H2,1H3. The molecule has 0 aliphatic carbocycles. The molecule has 5 nitrogen and oxygen atoms in total. The first-order chi connectivity index (χ1) is 9.78. The predicted octanol–water partition coefficient (Wildman–Crippen LogP) is 2.30. The van der Waals surface area contributed by atoms with Crippen LogP contribution in [0.1, 0.15) is 11.7 Å². The molecule has 0 amide bonds. The first-order valence-electron chi connectivity index (χ1n) is 6.16. The maximum absolute atomic E-state index is 12.3. The van der Waals surface area contributed by atoms with Crippen LogP contribution in [0.2, 0.25) is 0 Å². The molecular weight excluding hydrogens is 274 g/mol. The van der Waals surface area contributed by atoms with Gasteiger partial charge >= 0.3 is 0 Å². The van der Waals surface area contributed by atoms with Crippen molar-refractivity contribution in [3.8, 4) is 0 Å². The second kappa shape index (κ2) is 5.50. The van der Waals surface area contributed by atoms with Crippen LogP contribution in [-0.4, -0.2) is 21.0 Å². The van der Waals surface area contributed by atoms with Crippen LogP contribution in [0.25, 0.3) is 10.8 Å². The number of fused-ring (bicyclic) bond motifs is 1. The summed E-state index contributed by atoms with van der Waals surface area (Å²) >= 11 is 1.63. The number of aromatic nitrogens is 3. The van der Waals surface area contributed by atoms with E-state index in [4.69, 9.17) is 4.52 Å². The van der Waals surface area contributed by atoms with Crippen molar-refractivity contribution in [3.63, 3.8) is 0 Å². The fourth-order valence-corrected chi connectivity index (χ4v) is 2.42. The van der Waals surface area contributed by atoms with Gasteiger partial charge in [-0.25, -0.2) is 0 Å². The molecule has 102 valence electrons. The average molecular weight is 287 g/mol. The van der Waals surface area contributed by atoms with E-state index >= 15 is 0 Å². The third kappa shape index (κ3) is 2.46. The molecule has 0 spiro atoms. The molecule has 0 N–H and O–H groups in total. The number of nitrogens with zero attached hydrogens (tertiary/aromatic N) is 3. The van der Waals surface area contributed by atoms with E-state index in [2.05, 4.69) is 10.1 Å². The Bertz CT molecular complexity index is 794. The fourth-order valence-electron chi connectivity index (χ4n) is 2.04. The molecule has 0 bridgehead atoms. The molecule has 0 aliphatic heterocycles. The summed E-state index contributed by atoms with van der Waals surface area (Å²) in [6, 6.07) is 9.43. The van der Waals surface area contributed by atoms with Crippen LogP contribution in [0.4, 0.5) is 0 Å². The van der Waals surface area contributed by atoms with Gasteiger partial charge in [0.25, 0.3) is 5.56 Å². The number of pyridine rings is 1. The molecule has 3 rings (SSSR count). The minimum Gasteiger partial charge on any atom is -0.337 e. The summed E-state index contributed by atoms with van der Waals surface area (Å²) < 4.78 is 6.74. The molecular formula is C14H13N3O2S. The van der Waals surface area contributed by atoms with E-state index in [-0.39, 0.29) is 5.56 Å². The number of benzene rings is 1. The Labute approximate surface area is 119 Å². The highest BCUT2D eigenvalue weighted by molar-refractivity contribution is 7.97. The lowest BCUT2D eigenvalue weighted by molar-refractivity contribution is 0.366. The van der Waals surface area contributed by atoms with Gasteiger partial charge in [-0.15, -0.1) is 0 Å². The lowest BCUT2D eigenvalue weighted by Crippen LogP contribution is -2.20. The van der Waals surface area contributed by atoms with Gasteiger partial charge in [-0.2, -0.15) is 16.7 Å². The molecule has 2 heterocycles. The first-order valence-corrected chi connectivity index (χ1v) is 7.56. The fraction of sp³-hybridized carbons (Fsp3) is 0.214. The zero-order valence-corrected chi connectivity index (χ0v) is 11.8. The van der Waals surface area contributed by atoms with Crippen LogP contribution in [0.3, 0.4) is 0 Å². The SMILES string of the molecule is CSCc1noc(Cn2ccc3ccccc3c2=O)n1. The van der Waals surface area contributed by atoms with Crippen molar-refractivity contribution < 1.29 is 4.52 Å². The van der Waals surface area contributed by atoms with Gasteiger partial charge in [0, 0.05) is 11.6 Å². The van der Waals surface area contributed by atoms with E-state index in [0.29, 0.717) is 29.4 Å². The molecule has 0 radical (unpaired) electrons. The van der Waals surface area contributed by atoms with E-state index in [1.54, 1.807) is 22.5 Å². The minimum atomic E-state index is -0.0484. The zero-order valence-electron chi connectivity index (χ0n) is 10.9. The normalized spacial score (nSPS) is 11.1. The molecule has 0 saturated heterocycles. The van der Waals surface area contributed by atoms with Gasteiger partial charge in [0.05, 0.1) is 5.75 Å². The Morgan fingerprint density at radius 1 is 1.30 bits per heavy atom. The van der Waals surface area contributed by atoms with Crippen LogP contribution >= 0.6 is 11.8 Å². The van der Waals surface area contributed by atoms with Crippen molar-refractivity contribution in [3.05, 3.63) is 58.6 Å². The topological polar surface area (TPSA) is 60.9 Å². The van der Waals surface area contributed by atoms with E-state index in [0.717, 1.165) is 5.39 Å². The van der Waals surface area contributed by atoms with Crippen LogP contribution in [0.5, 0.6) is 0 Å². The second-order valence-electron chi connectivity index (χ2n) is 4.37. The summed E-state index contributed by atoms with van der Waals surface area (Å²) in [5, 5.41) is 5.50. The maximum Gasteiger partial charge on any atom is 0.258 e. The minimum absolute atomic E-state index is 0.0484. The van der Waals surface area contributed by atoms with Crippen LogP contribution in [-0.2, 0) is 12.3 Å². The predicted molar refractivity (Wildman–Crippen MR) is 78.8 cm³/mol. The van der Waals surface area contributed by atoms with E-state index in [9.17, 15) is 4.79 Å². The third-order valence-corrected chi connectivity index (χ3v) is 3.52. The smallest absolute Gasteiger partial charge is 0.258 e. The maximum atomic E-state index is 12.3. The lowest BCUT2D eigenvalue weighted by atomic mass is 10.2. The van der Waals surface area contributed by atoms with Gasteiger partial charge < -0.3 is 9.09 Å². The van der Waals surface area contributed by atoms with Crippen molar-refractivity contribution >= 4 is 22.5 Å². The van der Waals surface area contributed by atoms with Gasteiger partial charge in [0.15, 0.2) is 5.82 Å². The van der Waals surface area contributed by atoms with E-state index < -0.39 is 0 Å². The molecule has 1 aromatic carbocycles. The number of rotatable bonds is 4. The highest BCUT2D eigenvalue weighted by Gasteiger charge is 2.08. The summed E-state index contributed by atoms with van der Waals surface area (Å²) in [6.07, 6.45) is 3.73. The number of hydrogen-bond donors (Lipinski definition) is 0. The van der Waals surface area contributed by atoms with Crippen molar-refractivity contribution in [1.29, 1.82) is 0 Å². The summed E-state index contributed by atoms with van der Waals surface area (Å²) in [4.78, 5) is 16.6. The molecule has 0 saturated carbocycles. The lowest BCUT2D eigenvalue weighted by Gasteiger charge is -2.03. The molecule has 6 heteroatoms. The second-order valence-corrected chi connectivity index (χ2v) is 5.24. The van der Waals surface area contributed by atoms with E-state index in [1.807, 2.05) is 36.6 Å². The summed E-state index contributed by atoms with van der Waals surface area (Å²) in [5.74, 6) is 1.81. The monoisotopic (exact) mass is 287 g/mol. The van der Waals surface area contributed by atoms with Crippen LogP contribution < -0.4 is 5.56 Å². The van der Waals surface area contributed by atoms with E-state index in [1.165, 1.54) is 0 Å². The summed E-state index contributed by atoms with van der Waals surface area (Å²) in [5.41, 5.74) is -0.0484. The Morgan fingerprint density at radius 3 is 3.00 bits per heavy atom. The van der Waals surface area contributed by atoms with Crippen molar-refractivity contribution in [2.45, 2.75) is 12.3 Å². The number of thioether (sulfide) groups is 1. The molecule has 20 heavy (non-hydrogen) atoms. The van der Waals surface area contributed by atoms with Gasteiger partial charge in [-0.3, -0.25) is 4.79 Å². The molecule has 3 aromatic rings. The summed E-state index contributed by atoms with van der Waals surface area (Å²) in [7, 11) is 0. The summed E-state index contributed by atoms with van der Waals surface area (Å²) in [6.45, 7) is 0.297. The van der Waals surface area contributed by atoms with Gasteiger partial charge in [-0.05, 0) is 23.8 Å². The Balaban J connectivity index is 1.94. The number of hydrogen-bond acceptors (Lipinski definition) is 5. The van der Waals surface area contributed by atoms with Crippen molar-refractivity contribution in [2.24, 2.45) is 0 Å². The van der Waals surface area contributed by atoms with Crippen LogP contribution in [0, 0.1) is 0 Å². The Kier molecular flexibility index (Phi) is 3.56. The molecule has 2 aromatic heterocycles. The molecule has 0 fully saturated rings. The van der Waals surface area contributed by atoms with Gasteiger partial charge in [0.2, 0.25) is 5.89 Å². The van der Waals surface area contributed by atoms with Gasteiger partial charge in [0.1, 0.15) is 6.54 Å². The largest absolute Gasteiger partial charge is 0.337 e. The average Bonchev–Trinajstić information content (AvgIpc) is 2.90. The highest BCUT2D eigenvalue weighted by Crippen LogP contribution is 2.10. The quantitative estimate of drug-likeness (QED) is 0.737. The van der Waals surface area contributed by atoms with Crippen molar-refractivity contribution in [1.82, 2.24) is 14.7 Å². The molecule has 0 atom stereocenters. The Morgan fingerprint density at radius 2 is 2.15 bits per heavy atom.